The van der Waals surface area contributed by atoms with Gasteiger partial charge in [0, 0.05) is 5.56 Å². The smallest absolute Gasteiger partial charge is 0.326 e. The van der Waals surface area contributed by atoms with Crippen LogP contribution in [0.5, 0.6) is 5.75 Å². The Balaban J connectivity index is 2.84. The minimum absolute atomic E-state index is 0.0248. The predicted molar refractivity (Wildman–Crippen MR) is 62.1 cm³/mol. The average molecular weight is 255 g/mol. The van der Waals surface area contributed by atoms with Gasteiger partial charge in [-0.25, -0.2) is 9.18 Å². The second-order valence-electron chi connectivity index (χ2n) is 3.62. The summed E-state index contributed by atoms with van der Waals surface area (Å²) in [5, 5.41) is 11.1. The van der Waals surface area contributed by atoms with E-state index in [2.05, 4.69) is 5.32 Å². The van der Waals surface area contributed by atoms with Crippen LogP contribution in [0.1, 0.15) is 23.7 Å². The molecule has 0 aliphatic rings. The summed E-state index contributed by atoms with van der Waals surface area (Å²) in [7, 11) is 1.32. The number of hydrogen-bond donors (Lipinski definition) is 2. The Morgan fingerprint density at radius 2 is 2.17 bits per heavy atom. The van der Waals surface area contributed by atoms with E-state index in [1.54, 1.807) is 6.92 Å². The van der Waals surface area contributed by atoms with Gasteiger partial charge < -0.3 is 15.2 Å². The lowest BCUT2D eigenvalue weighted by atomic mass is 10.1. The van der Waals surface area contributed by atoms with Crippen LogP contribution in [0.4, 0.5) is 4.39 Å². The largest absolute Gasteiger partial charge is 0.494 e. The molecule has 98 valence electrons. The van der Waals surface area contributed by atoms with Crippen molar-refractivity contribution in [1.82, 2.24) is 5.32 Å². The molecule has 0 aliphatic carbocycles. The monoisotopic (exact) mass is 255 g/mol. The molecule has 1 aromatic carbocycles. The third-order valence-electron chi connectivity index (χ3n) is 2.43. The number of benzene rings is 1. The van der Waals surface area contributed by atoms with E-state index in [1.165, 1.54) is 19.2 Å². The summed E-state index contributed by atoms with van der Waals surface area (Å²) in [4.78, 5) is 22.4. The van der Waals surface area contributed by atoms with E-state index in [1.807, 2.05) is 0 Å². The molecule has 0 heterocycles. The summed E-state index contributed by atoms with van der Waals surface area (Å²) in [5.41, 5.74) is 0.0491. The molecule has 0 saturated heterocycles. The van der Waals surface area contributed by atoms with Crippen molar-refractivity contribution in [1.29, 1.82) is 0 Å². The van der Waals surface area contributed by atoms with Gasteiger partial charge in [0.1, 0.15) is 6.04 Å². The summed E-state index contributed by atoms with van der Waals surface area (Å²) >= 11 is 0. The molecule has 5 nitrogen and oxygen atoms in total. The standard InChI is InChI=1S/C12H14FNO4/c1-3-9(12(16)17)14-11(15)7-4-5-10(18-2)8(13)6-7/h4-6,9H,3H2,1-2H3,(H,14,15)(H,16,17). The first-order valence-electron chi connectivity index (χ1n) is 5.36. The van der Waals surface area contributed by atoms with E-state index in [4.69, 9.17) is 9.84 Å². The Kier molecular flexibility index (Phi) is 4.65. The Hall–Kier alpha value is -2.11. The second kappa shape index (κ2) is 6.00. The molecule has 6 heteroatoms. The van der Waals surface area contributed by atoms with Gasteiger partial charge in [-0.1, -0.05) is 6.92 Å². The number of aliphatic carboxylic acids is 1. The number of ether oxygens (including phenoxy) is 1. The molecular formula is C12H14FNO4. The highest BCUT2D eigenvalue weighted by Gasteiger charge is 2.19. The van der Waals surface area contributed by atoms with Gasteiger partial charge in [-0.3, -0.25) is 4.79 Å². The van der Waals surface area contributed by atoms with E-state index in [-0.39, 0.29) is 17.7 Å². The fraction of sp³-hybridized carbons (Fsp3) is 0.333. The number of methoxy groups -OCH3 is 1. The fourth-order valence-corrected chi connectivity index (χ4v) is 1.39. The first-order chi connectivity index (χ1) is 8.49. The second-order valence-corrected chi connectivity index (χ2v) is 3.62. The summed E-state index contributed by atoms with van der Waals surface area (Å²) in [6, 6.07) is 2.70. The van der Waals surface area contributed by atoms with Crippen molar-refractivity contribution >= 4 is 11.9 Å². The molecule has 0 spiro atoms. The highest BCUT2D eigenvalue weighted by atomic mass is 19.1. The van der Waals surface area contributed by atoms with Crippen LogP contribution in [0, 0.1) is 5.82 Å². The molecule has 1 atom stereocenters. The molecule has 0 bridgehead atoms. The van der Waals surface area contributed by atoms with Crippen LogP contribution in [-0.2, 0) is 4.79 Å². The van der Waals surface area contributed by atoms with E-state index >= 15 is 0 Å². The van der Waals surface area contributed by atoms with Crippen LogP contribution < -0.4 is 10.1 Å². The average Bonchev–Trinajstić information content (AvgIpc) is 2.35. The minimum Gasteiger partial charge on any atom is -0.494 e. The molecule has 18 heavy (non-hydrogen) atoms. The Morgan fingerprint density at radius 3 is 2.61 bits per heavy atom. The van der Waals surface area contributed by atoms with Crippen molar-refractivity contribution in [3.63, 3.8) is 0 Å². The number of carboxylic acid groups (broad SMARTS) is 1. The molecular weight excluding hydrogens is 241 g/mol. The van der Waals surface area contributed by atoms with Gasteiger partial charge in [0.2, 0.25) is 0 Å². The summed E-state index contributed by atoms with van der Waals surface area (Å²) in [5.74, 6) is -2.41. The zero-order valence-corrected chi connectivity index (χ0v) is 10.1. The Bertz CT molecular complexity index is 461. The number of halogens is 1. The summed E-state index contributed by atoms with van der Waals surface area (Å²) in [6.07, 6.45) is 0.250. The number of carbonyl (C=O) groups excluding carboxylic acids is 1. The molecule has 0 saturated carbocycles. The molecule has 1 unspecified atom stereocenters. The number of carbonyl (C=O) groups is 2. The lowest BCUT2D eigenvalue weighted by Crippen LogP contribution is -2.40. The van der Waals surface area contributed by atoms with Gasteiger partial charge in [0.05, 0.1) is 7.11 Å². The molecule has 2 N–H and O–H groups in total. The van der Waals surface area contributed by atoms with E-state index < -0.39 is 23.7 Å². The first kappa shape index (κ1) is 14.0. The van der Waals surface area contributed by atoms with Crippen molar-refractivity contribution in [3.8, 4) is 5.75 Å². The molecule has 0 fully saturated rings. The number of nitrogens with one attached hydrogen (secondary N) is 1. The topological polar surface area (TPSA) is 75.6 Å². The maximum absolute atomic E-state index is 13.4. The highest BCUT2D eigenvalue weighted by molar-refractivity contribution is 5.96. The molecule has 0 aromatic heterocycles. The summed E-state index contributed by atoms with van der Waals surface area (Å²) in [6.45, 7) is 1.63. The van der Waals surface area contributed by atoms with Gasteiger partial charge in [0.15, 0.2) is 11.6 Å². The van der Waals surface area contributed by atoms with E-state index in [0.29, 0.717) is 0 Å². The molecule has 0 radical (unpaired) electrons. The SMILES string of the molecule is CCC(NC(=O)c1ccc(OC)c(F)c1)C(=O)O. The Labute approximate surface area is 104 Å². The van der Waals surface area contributed by atoms with Crippen LogP contribution in [0.2, 0.25) is 0 Å². The maximum atomic E-state index is 13.4. The van der Waals surface area contributed by atoms with Crippen LogP contribution in [0.25, 0.3) is 0 Å². The minimum atomic E-state index is -1.13. The van der Waals surface area contributed by atoms with Gasteiger partial charge in [-0.15, -0.1) is 0 Å². The third kappa shape index (κ3) is 3.19. The number of rotatable bonds is 5. The number of carboxylic acids is 1. The zero-order valence-electron chi connectivity index (χ0n) is 10.1. The maximum Gasteiger partial charge on any atom is 0.326 e. The van der Waals surface area contributed by atoms with Crippen molar-refractivity contribution in [2.75, 3.05) is 7.11 Å². The van der Waals surface area contributed by atoms with Crippen LogP contribution in [0.15, 0.2) is 18.2 Å². The molecule has 1 aromatic rings. The van der Waals surface area contributed by atoms with Crippen LogP contribution >= 0.6 is 0 Å². The Morgan fingerprint density at radius 1 is 1.50 bits per heavy atom. The lowest BCUT2D eigenvalue weighted by molar-refractivity contribution is -0.139. The number of hydrogen-bond acceptors (Lipinski definition) is 3. The number of amides is 1. The molecule has 1 rings (SSSR count). The van der Waals surface area contributed by atoms with Crippen LogP contribution in [-0.4, -0.2) is 30.1 Å². The van der Waals surface area contributed by atoms with E-state index in [9.17, 15) is 14.0 Å². The normalized spacial score (nSPS) is 11.7. The molecule has 1 amide bonds. The van der Waals surface area contributed by atoms with Gasteiger partial charge >= 0.3 is 5.97 Å². The van der Waals surface area contributed by atoms with Crippen molar-refractivity contribution in [2.24, 2.45) is 0 Å². The zero-order chi connectivity index (χ0) is 13.7. The lowest BCUT2D eigenvalue weighted by Gasteiger charge is -2.12. The third-order valence-corrected chi connectivity index (χ3v) is 2.43. The quantitative estimate of drug-likeness (QED) is 0.834. The fourth-order valence-electron chi connectivity index (χ4n) is 1.39. The van der Waals surface area contributed by atoms with Gasteiger partial charge in [-0.05, 0) is 24.6 Å². The van der Waals surface area contributed by atoms with Crippen LogP contribution in [0.3, 0.4) is 0 Å². The van der Waals surface area contributed by atoms with Crippen molar-refractivity contribution in [3.05, 3.63) is 29.6 Å². The van der Waals surface area contributed by atoms with Gasteiger partial charge in [0.25, 0.3) is 5.91 Å². The van der Waals surface area contributed by atoms with Gasteiger partial charge in [-0.2, -0.15) is 0 Å². The predicted octanol–water partition coefficient (Wildman–Crippen LogP) is 1.43. The van der Waals surface area contributed by atoms with Crippen molar-refractivity contribution in [2.45, 2.75) is 19.4 Å². The summed E-state index contributed by atoms with van der Waals surface area (Å²) < 4.78 is 18.1. The first-order valence-corrected chi connectivity index (χ1v) is 5.36. The van der Waals surface area contributed by atoms with Crippen molar-refractivity contribution < 1.29 is 23.8 Å². The van der Waals surface area contributed by atoms with E-state index in [0.717, 1.165) is 6.07 Å². The highest BCUT2D eigenvalue weighted by Crippen LogP contribution is 2.17. The molecule has 0 aliphatic heterocycles.